The summed E-state index contributed by atoms with van der Waals surface area (Å²) in [6.07, 6.45) is 0. The molecule has 1 N–H and O–H groups in total. The predicted octanol–water partition coefficient (Wildman–Crippen LogP) is 1.35. The number of hydrogen-bond acceptors (Lipinski definition) is 2. The first-order valence-corrected chi connectivity index (χ1v) is 5.75. The van der Waals surface area contributed by atoms with E-state index in [1.807, 2.05) is 30.9 Å². The van der Waals surface area contributed by atoms with Crippen molar-refractivity contribution < 1.29 is 4.79 Å². The van der Waals surface area contributed by atoms with Crippen LogP contribution in [0.2, 0.25) is 0 Å². The number of aryl methyl sites for hydroxylation is 2. The van der Waals surface area contributed by atoms with Gasteiger partial charge in [-0.1, -0.05) is 17.2 Å². The lowest BCUT2D eigenvalue weighted by molar-refractivity contribution is 0.0735. The van der Waals surface area contributed by atoms with E-state index < -0.39 is 0 Å². The summed E-state index contributed by atoms with van der Waals surface area (Å²) >= 11 is 0. The van der Waals surface area contributed by atoms with Crippen molar-refractivity contribution >= 4 is 5.91 Å². The lowest BCUT2D eigenvalue weighted by Gasteiger charge is -2.27. The SMILES string of the molecule is Cc1cc(C)cc(C(=O)N2CCNCC2)c1. The van der Waals surface area contributed by atoms with Crippen molar-refractivity contribution in [3.63, 3.8) is 0 Å². The van der Waals surface area contributed by atoms with Gasteiger partial charge in [0.15, 0.2) is 0 Å². The molecule has 86 valence electrons. The highest BCUT2D eigenvalue weighted by atomic mass is 16.2. The Morgan fingerprint density at radius 2 is 1.69 bits per heavy atom. The van der Waals surface area contributed by atoms with Crippen LogP contribution in [-0.2, 0) is 0 Å². The van der Waals surface area contributed by atoms with E-state index in [1.54, 1.807) is 0 Å². The van der Waals surface area contributed by atoms with Gasteiger partial charge in [-0.25, -0.2) is 0 Å². The van der Waals surface area contributed by atoms with Crippen molar-refractivity contribution in [3.8, 4) is 0 Å². The molecule has 0 atom stereocenters. The molecular formula is C13H18N2O. The lowest BCUT2D eigenvalue weighted by atomic mass is 10.1. The standard InChI is InChI=1S/C13H18N2O/c1-10-7-11(2)9-12(8-10)13(16)15-5-3-14-4-6-15/h7-9,14H,3-6H2,1-2H3. The van der Waals surface area contributed by atoms with E-state index in [9.17, 15) is 4.79 Å². The number of piperazine rings is 1. The monoisotopic (exact) mass is 218 g/mol. The molecule has 3 nitrogen and oxygen atoms in total. The van der Waals surface area contributed by atoms with Crippen LogP contribution in [0.25, 0.3) is 0 Å². The number of nitrogens with zero attached hydrogens (tertiary/aromatic N) is 1. The molecule has 2 rings (SSSR count). The van der Waals surface area contributed by atoms with Gasteiger partial charge < -0.3 is 10.2 Å². The van der Waals surface area contributed by atoms with Crippen LogP contribution in [0.5, 0.6) is 0 Å². The van der Waals surface area contributed by atoms with Crippen molar-refractivity contribution in [2.24, 2.45) is 0 Å². The Morgan fingerprint density at radius 1 is 1.12 bits per heavy atom. The number of nitrogens with one attached hydrogen (secondary N) is 1. The first-order chi connectivity index (χ1) is 7.66. The molecule has 1 saturated heterocycles. The molecule has 0 aliphatic carbocycles. The van der Waals surface area contributed by atoms with Gasteiger partial charge in [0.2, 0.25) is 0 Å². The fourth-order valence-corrected chi connectivity index (χ4v) is 2.15. The minimum Gasteiger partial charge on any atom is -0.336 e. The minimum atomic E-state index is 0.160. The average Bonchev–Trinajstić information content (AvgIpc) is 2.28. The number of amides is 1. The van der Waals surface area contributed by atoms with Crippen LogP contribution < -0.4 is 5.32 Å². The van der Waals surface area contributed by atoms with Crippen molar-refractivity contribution in [3.05, 3.63) is 34.9 Å². The predicted molar refractivity (Wildman–Crippen MR) is 64.7 cm³/mol. The highest BCUT2D eigenvalue weighted by Gasteiger charge is 2.17. The second kappa shape index (κ2) is 4.66. The first-order valence-electron chi connectivity index (χ1n) is 5.75. The Kier molecular flexibility index (Phi) is 3.25. The van der Waals surface area contributed by atoms with Gasteiger partial charge in [-0.2, -0.15) is 0 Å². The third-order valence-corrected chi connectivity index (χ3v) is 2.87. The van der Waals surface area contributed by atoms with Crippen LogP contribution in [0, 0.1) is 13.8 Å². The molecule has 1 heterocycles. The average molecular weight is 218 g/mol. The number of carbonyl (C=O) groups excluding carboxylic acids is 1. The summed E-state index contributed by atoms with van der Waals surface area (Å²) in [5, 5.41) is 3.25. The van der Waals surface area contributed by atoms with Crippen molar-refractivity contribution in [2.45, 2.75) is 13.8 Å². The number of hydrogen-bond donors (Lipinski definition) is 1. The van der Waals surface area contributed by atoms with Gasteiger partial charge in [-0.15, -0.1) is 0 Å². The zero-order valence-corrected chi connectivity index (χ0v) is 9.92. The van der Waals surface area contributed by atoms with Gasteiger partial charge in [-0.05, 0) is 26.0 Å². The van der Waals surface area contributed by atoms with E-state index in [4.69, 9.17) is 0 Å². The Labute approximate surface area is 96.5 Å². The summed E-state index contributed by atoms with van der Waals surface area (Å²) in [6.45, 7) is 7.48. The van der Waals surface area contributed by atoms with E-state index in [0.29, 0.717) is 0 Å². The lowest BCUT2D eigenvalue weighted by Crippen LogP contribution is -2.46. The molecular weight excluding hydrogens is 200 g/mol. The Balaban J connectivity index is 2.19. The van der Waals surface area contributed by atoms with Gasteiger partial charge in [0, 0.05) is 31.7 Å². The summed E-state index contributed by atoms with van der Waals surface area (Å²) in [4.78, 5) is 14.1. The van der Waals surface area contributed by atoms with Crippen molar-refractivity contribution in [1.29, 1.82) is 0 Å². The van der Waals surface area contributed by atoms with Crippen LogP contribution in [0.15, 0.2) is 18.2 Å². The Morgan fingerprint density at radius 3 is 2.25 bits per heavy atom. The molecule has 1 fully saturated rings. The number of benzene rings is 1. The smallest absolute Gasteiger partial charge is 0.253 e. The maximum absolute atomic E-state index is 12.2. The maximum Gasteiger partial charge on any atom is 0.253 e. The minimum absolute atomic E-state index is 0.160. The second-order valence-corrected chi connectivity index (χ2v) is 4.42. The third-order valence-electron chi connectivity index (χ3n) is 2.87. The largest absolute Gasteiger partial charge is 0.336 e. The second-order valence-electron chi connectivity index (χ2n) is 4.42. The molecule has 16 heavy (non-hydrogen) atoms. The first kappa shape index (κ1) is 11.1. The summed E-state index contributed by atoms with van der Waals surface area (Å²) in [7, 11) is 0. The quantitative estimate of drug-likeness (QED) is 0.771. The van der Waals surface area contributed by atoms with Crippen molar-refractivity contribution in [1.82, 2.24) is 10.2 Å². The maximum atomic E-state index is 12.2. The zero-order valence-electron chi connectivity index (χ0n) is 9.92. The Bertz CT molecular complexity index is 375. The number of carbonyl (C=O) groups is 1. The van der Waals surface area contributed by atoms with Gasteiger partial charge in [0.1, 0.15) is 0 Å². The zero-order chi connectivity index (χ0) is 11.5. The summed E-state index contributed by atoms with van der Waals surface area (Å²) in [6, 6.07) is 6.03. The molecule has 0 radical (unpaired) electrons. The molecule has 1 aliphatic heterocycles. The van der Waals surface area contributed by atoms with Crippen LogP contribution in [0.3, 0.4) is 0 Å². The summed E-state index contributed by atoms with van der Waals surface area (Å²) in [5.74, 6) is 0.160. The molecule has 0 unspecified atom stereocenters. The molecule has 0 bridgehead atoms. The van der Waals surface area contributed by atoms with Gasteiger partial charge in [0.25, 0.3) is 5.91 Å². The van der Waals surface area contributed by atoms with E-state index in [-0.39, 0.29) is 5.91 Å². The molecule has 0 aromatic heterocycles. The highest BCUT2D eigenvalue weighted by Crippen LogP contribution is 2.11. The molecule has 0 spiro atoms. The van der Waals surface area contributed by atoms with Gasteiger partial charge >= 0.3 is 0 Å². The molecule has 1 amide bonds. The van der Waals surface area contributed by atoms with E-state index in [2.05, 4.69) is 11.4 Å². The fraction of sp³-hybridized carbons (Fsp3) is 0.462. The molecule has 1 aliphatic rings. The van der Waals surface area contributed by atoms with Crippen molar-refractivity contribution in [2.75, 3.05) is 26.2 Å². The summed E-state index contributed by atoms with van der Waals surface area (Å²) < 4.78 is 0. The van der Waals surface area contributed by atoms with E-state index >= 15 is 0 Å². The Hall–Kier alpha value is -1.35. The van der Waals surface area contributed by atoms with E-state index in [0.717, 1.165) is 42.9 Å². The van der Waals surface area contributed by atoms with Crippen LogP contribution >= 0.6 is 0 Å². The van der Waals surface area contributed by atoms with Gasteiger partial charge in [-0.3, -0.25) is 4.79 Å². The molecule has 1 aromatic carbocycles. The van der Waals surface area contributed by atoms with Crippen LogP contribution in [-0.4, -0.2) is 37.0 Å². The van der Waals surface area contributed by atoms with Gasteiger partial charge in [0.05, 0.1) is 0 Å². The third kappa shape index (κ3) is 2.42. The van der Waals surface area contributed by atoms with E-state index in [1.165, 1.54) is 0 Å². The number of rotatable bonds is 1. The molecule has 0 saturated carbocycles. The summed E-state index contributed by atoms with van der Waals surface area (Å²) in [5.41, 5.74) is 3.12. The highest BCUT2D eigenvalue weighted by molar-refractivity contribution is 5.94. The molecule has 1 aromatic rings. The molecule has 3 heteroatoms. The van der Waals surface area contributed by atoms with Crippen LogP contribution in [0.1, 0.15) is 21.5 Å². The van der Waals surface area contributed by atoms with Crippen LogP contribution in [0.4, 0.5) is 0 Å². The topological polar surface area (TPSA) is 32.3 Å². The normalized spacial score (nSPS) is 16.2. The fourth-order valence-electron chi connectivity index (χ4n) is 2.15.